The molecule has 1 saturated carbocycles. The number of hydrogen-bond acceptors (Lipinski definition) is 2. The van der Waals surface area contributed by atoms with Crippen LogP contribution in [0, 0.1) is 11.7 Å². The van der Waals surface area contributed by atoms with Crippen LogP contribution < -0.4 is 10.2 Å². The van der Waals surface area contributed by atoms with E-state index < -0.39 is 6.04 Å². The van der Waals surface area contributed by atoms with Crippen molar-refractivity contribution in [2.75, 3.05) is 11.9 Å². The summed E-state index contributed by atoms with van der Waals surface area (Å²) in [6, 6.07) is 12.9. The smallest absolute Gasteiger partial charge is 0.253 e. The van der Waals surface area contributed by atoms with E-state index in [9.17, 15) is 14.0 Å². The topological polar surface area (TPSA) is 49.4 Å². The Morgan fingerprint density at radius 3 is 2.44 bits per heavy atom. The molecular weight excluding hydrogens is 319 g/mol. The fourth-order valence-corrected chi connectivity index (χ4v) is 2.86. The predicted molar refractivity (Wildman–Crippen MR) is 94.9 cm³/mol. The number of halogens is 1. The molecule has 1 aliphatic carbocycles. The SMILES string of the molecule is C[C@H](NC(=O)c1ccccc1N(C)C(=O)C1CC1)c1ccccc1F. The number of carbonyl (C=O) groups is 2. The highest BCUT2D eigenvalue weighted by atomic mass is 19.1. The number of nitrogens with zero attached hydrogens (tertiary/aromatic N) is 1. The summed E-state index contributed by atoms with van der Waals surface area (Å²) in [5.74, 6) is -0.590. The maximum atomic E-state index is 13.9. The largest absolute Gasteiger partial charge is 0.345 e. The Morgan fingerprint density at radius 2 is 1.76 bits per heavy atom. The molecule has 25 heavy (non-hydrogen) atoms. The fraction of sp³-hybridized carbons (Fsp3) is 0.300. The highest BCUT2D eigenvalue weighted by molar-refractivity contribution is 6.05. The van der Waals surface area contributed by atoms with Crippen molar-refractivity contribution in [2.45, 2.75) is 25.8 Å². The van der Waals surface area contributed by atoms with Crippen molar-refractivity contribution in [1.29, 1.82) is 0 Å². The second-order valence-electron chi connectivity index (χ2n) is 6.41. The van der Waals surface area contributed by atoms with Crippen molar-refractivity contribution in [3.05, 3.63) is 65.5 Å². The molecule has 2 aromatic carbocycles. The zero-order valence-corrected chi connectivity index (χ0v) is 14.3. The van der Waals surface area contributed by atoms with Crippen LogP contribution in [-0.4, -0.2) is 18.9 Å². The molecule has 1 atom stereocenters. The average Bonchev–Trinajstić information content (AvgIpc) is 3.45. The van der Waals surface area contributed by atoms with Gasteiger partial charge in [0.15, 0.2) is 0 Å². The fourth-order valence-electron chi connectivity index (χ4n) is 2.86. The zero-order chi connectivity index (χ0) is 18.0. The maximum Gasteiger partial charge on any atom is 0.253 e. The molecule has 2 aromatic rings. The Hall–Kier alpha value is -2.69. The highest BCUT2D eigenvalue weighted by Crippen LogP contribution is 2.33. The molecule has 2 amide bonds. The lowest BCUT2D eigenvalue weighted by Crippen LogP contribution is -2.32. The number of carbonyl (C=O) groups excluding carboxylic acids is 2. The minimum Gasteiger partial charge on any atom is -0.345 e. The van der Waals surface area contributed by atoms with Crippen LogP contribution in [0.4, 0.5) is 10.1 Å². The quantitative estimate of drug-likeness (QED) is 0.902. The third-order valence-corrected chi connectivity index (χ3v) is 4.49. The zero-order valence-electron chi connectivity index (χ0n) is 14.3. The molecule has 0 bridgehead atoms. The van der Waals surface area contributed by atoms with Gasteiger partial charge in [-0.3, -0.25) is 9.59 Å². The Labute approximate surface area is 146 Å². The molecule has 0 unspecified atom stereocenters. The van der Waals surface area contributed by atoms with Crippen LogP contribution in [0.25, 0.3) is 0 Å². The minimum absolute atomic E-state index is 0.0300. The first-order valence-corrected chi connectivity index (χ1v) is 8.41. The van der Waals surface area contributed by atoms with Gasteiger partial charge in [0.05, 0.1) is 17.3 Å². The van der Waals surface area contributed by atoms with Gasteiger partial charge in [-0.25, -0.2) is 4.39 Å². The van der Waals surface area contributed by atoms with E-state index in [1.807, 2.05) is 0 Å². The summed E-state index contributed by atoms with van der Waals surface area (Å²) in [4.78, 5) is 26.6. The van der Waals surface area contributed by atoms with Gasteiger partial charge in [0.1, 0.15) is 5.82 Å². The molecule has 1 aliphatic rings. The lowest BCUT2D eigenvalue weighted by atomic mass is 10.1. The summed E-state index contributed by atoms with van der Waals surface area (Å²) < 4.78 is 13.9. The molecule has 130 valence electrons. The number of hydrogen-bond donors (Lipinski definition) is 1. The summed E-state index contributed by atoms with van der Waals surface area (Å²) >= 11 is 0. The third-order valence-electron chi connectivity index (χ3n) is 4.49. The first-order chi connectivity index (χ1) is 12.0. The second-order valence-corrected chi connectivity index (χ2v) is 6.41. The minimum atomic E-state index is -0.480. The summed E-state index contributed by atoms with van der Waals surface area (Å²) in [6.45, 7) is 1.73. The Bertz CT molecular complexity index is 802. The van der Waals surface area contributed by atoms with Crippen LogP contribution >= 0.6 is 0 Å². The number of nitrogens with one attached hydrogen (secondary N) is 1. The first kappa shape index (κ1) is 17.1. The van der Waals surface area contributed by atoms with E-state index in [0.717, 1.165) is 12.8 Å². The molecule has 0 aliphatic heterocycles. The number of rotatable bonds is 5. The van der Waals surface area contributed by atoms with Crippen molar-refractivity contribution < 1.29 is 14.0 Å². The maximum absolute atomic E-state index is 13.9. The van der Waals surface area contributed by atoms with Gasteiger partial charge < -0.3 is 10.2 Å². The van der Waals surface area contributed by atoms with E-state index in [4.69, 9.17) is 0 Å². The van der Waals surface area contributed by atoms with E-state index >= 15 is 0 Å². The van der Waals surface area contributed by atoms with Gasteiger partial charge in [0, 0.05) is 18.5 Å². The Balaban J connectivity index is 1.80. The number of para-hydroxylation sites is 1. The highest BCUT2D eigenvalue weighted by Gasteiger charge is 2.33. The van der Waals surface area contributed by atoms with Gasteiger partial charge in [0.25, 0.3) is 5.91 Å². The van der Waals surface area contributed by atoms with Crippen molar-refractivity contribution in [3.63, 3.8) is 0 Å². The van der Waals surface area contributed by atoms with Crippen LogP contribution in [0.3, 0.4) is 0 Å². The van der Waals surface area contributed by atoms with Gasteiger partial charge in [0.2, 0.25) is 5.91 Å². The molecule has 0 heterocycles. The Kier molecular flexibility index (Phi) is 4.83. The second kappa shape index (κ2) is 7.05. The van der Waals surface area contributed by atoms with Gasteiger partial charge in [-0.15, -0.1) is 0 Å². The van der Waals surface area contributed by atoms with E-state index in [2.05, 4.69) is 5.32 Å². The average molecular weight is 340 g/mol. The molecule has 4 nitrogen and oxygen atoms in total. The molecule has 1 N–H and O–H groups in total. The summed E-state index contributed by atoms with van der Waals surface area (Å²) in [7, 11) is 1.69. The van der Waals surface area contributed by atoms with E-state index in [0.29, 0.717) is 16.8 Å². The molecule has 0 radical (unpaired) electrons. The van der Waals surface area contributed by atoms with Crippen LogP contribution in [-0.2, 0) is 4.79 Å². The molecule has 5 heteroatoms. The monoisotopic (exact) mass is 340 g/mol. The van der Waals surface area contributed by atoms with Crippen molar-refractivity contribution in [2.24, 2.45) is 5.92 Å². The van der Waals surface area contributed by atoms with E-state index in [1.54, 1.807) is 61.3 Å². The van der Waals surface area contributed by atoms with Crippen molar-refractivity contribution >= 4 is 17.5 Å². The van der Waals surface area contributed by atoms with Gasteiger partial charge >= 0.3 is 0 Å². The van der Waals surface area contributed by atoms with Crippen LogP contribution in [0.2, 0.25) is 0 Å². The molecule has 0 saturated heterocycles. The lowest BCUT2D eigenvalue weighted by molar-refractivity contribution is -0.119. The third kappa shape index (κ3) is 3.71. The Morgan fingerprint density at radius 1 is 1.12 bits per heavy atom. The molecule has 0 spiro atoms. The molecule has 3 rings (SSSR count). The van der Waals surface area contributed by atoms with Crippen molar-refractivity contribution in [3.8, 4) is 0 Å². The number of benzene rings is 2. The molecule has 0 aromatic heterocycles. The normalized spacial score (nSPS) is 14.7. The number of amides is 2. The van der Waals surface area contributed by atoms with Gasteiger partial charge in [-0.05, 0) is 38.0 Å². The molecular formula is C20H21FN2O2. The summed E-state index contributed by atoms with van der Waals surface area (Å²) in [6.07, 6.45) is 1.81. The van der Waals surface area contributed by atoms with E-state index in [1.165, 1.54) is 6.07 Å². The van der Waals surface area contributed by atoms with Crippen molar-refractivity contribution in [1.82, 2.24) is 5.32 Å². The summed E-state index contributed by atoms with van der Waals surface area (Å²) in [5, 5.41) is 2.82. The molecule has 1 fully saturated rings. The van der Waals surface area contributed by atoms with Crippen LogP contribution in [0.1, 0.15) is 41.7 Å². The van der Waals surface area contributed by atoms with Gasteiger partial charge in [-0.1, -0.05) is 30.3 Å². The first-order valence-electron chi connectivity index (χ1n) is 8.41. The van der Waals surface area contributed by atoms with Crippen LogP contribution in [0.15, 0.2) is 48.5 Å². The lowest BCUT2D eigenvalue weighted by Gasteiger charge is -2.22. The van der Waals surface area contributed by atoms with Crippen LogP contribution in [0.5, 0.6) is 0 Å². The van der Waals surface area contributed by atoms with E-state index in [-0.39, 0.29) is 23.5 Å². The summed E-state index contributed by atoms with van der Waals surface area (Å²) in [5.41, 5.74) is 1.40. The standard InChI is InChI=1S/C20H21FN2O2/c1-13(15-7-3-5-9-17(15)21)22-19(24)16-8-4-6-10-18(16)23(2)20(25)14-11-12-14/h3-10,13-14H,11-12H2,1-2H3,(H,22,24)/t13-/m0/s1. The van der Waals surface area contributed by atoms with Gasteiger partial charge in [-0.2, -0.15) is 0 Å². The number of anilines is 1. The predicted octanol–water partition coefficient (Wildman–Crippen LogP) is 3.69.